The molecule has 1 N–H and O–H groups in total. The second-order valence-electron chi connectivity index (χ2n) is 4.21. The lowest BCUT2D eigenvalue weighted by molar-refractivity contribution is 0.102. The van der Waals surface area contributed by atoms with E-state index in [2.05, 4.69) is 15.3 Å². The van der Waals surface area contributed by atoms with E-state index in [1.165, 1.54) is 20.3 Å². The van der Waals surface area contributed by atoms with Gasteiger partial charge < -0.3 is 9.47 Å². The zero-order valence-electron chi connectivity index (χ0n) is 11.8. The Morgan fingerprint density at radius 1 is 1.19 bits per heavy atom. The molecule has 1 heterocycles. The number of nitrogens with zero attached hydrogens (tertiary/aromatic N) is 2. The highest BCUT2D eigenvalue weighted by Crippen LogP contribution is 2.21. The molecule has 0 aliphatic rings. The minimum atomic E-state index is -0.389. The van der Waals surface area contributed by atoms with Gasteiger partial charge in [-0.1, -0.05) is 23.2 Å². The first kappa shape index (κ1) is 15.1. The summed E-state index contributed by atoms with van der Waals surface area (Å²) in [4.78, 5) is 20.2. The number of halogens is 1. The number of anilines is 1. The molecule has 0 saturated carbocycles. The van der Waals surface area contributed by atoms with Crippen molar-refractivity contribution in [2.24, 2.45) is 0 Å². The average molecular weight is 308 g/mol. The number of hydrogen-bond acceptors (Lipinski definition) is 5. The lowest BCUT2D eigenvalue weighted by Crippen LogP contribution is -2.15. The third-order valence-electron chi connectivity index (χ3n) is 2.71. The number of benzene rings is 1. The van der Waals surface area contributed by atoms with Gasteiger partial charge in [-0.3, -0.25) is 10.1 Å². The molecular formula is C14H14ClN3O3. The normalized spacial score (nSPS) is 10.1. The van der Waals surface area contributed by atoms with Crippen LogP contribution in [0.15, 0.2) is 24.3 Å². The number of hydrogen-bond donors (Lipinski definition) is 1. The van der Waals surface area contributed by atoms with Crippen molar-refractivity contribution in [3.8, 4) is 11.6 Å². The van der Waals surface area contributed by atoms with Gasteiger partial charge in [0.15, 0.2) is 0 Å². The molecule has 21 heavy (non-hydrogen) atoms. The molecule has 1 amide bonds. The van der Waals surface area contributed by atoms with Crippen LogP contribution in [-0.4, -0.2) is 30.1 Å². The number of carbonyl (C=O) groups excluding carboxylic acids is 1. The highest BCUT2D eigenvalue weighted by Gasteiger charge is 2.15. The van der Waals surface area contributed by atoms with Gasteiger partial charge in [0.2, 0.25) is 11.8 Å². The molecule has 0 bridgehead atoms. The fourth-order valence-electron chi connectivity index (χ4n) is 1.73. The van der Waals surface area contributed by atoms with Crippen molar-refractivity contribution in [2.75, 3.05) is 19.5 Å². The van der Waals surface area contributed by atoms with E-state index in [9.17, 15) is 4.79 Å². The Kier molecular flexibility index (Phi) is 4.59. The monoisotopic (exact) mass is 307 g/mol. The van der Waals surface area contributed by atoms with E-state index in [-0.39, 0.29) is 22.9 Å². The predicted octanol–water partition coefficient (Wildman–Crippen LogP) is 2.71. The number of carbonyl (C=O) groups is 1. The van der Waals surface area contributed by atoms with Crippen LogP contribution < -0.4 is 14.8 Å². The molecule has 2 rings (SSSR count). The van der Waals surface area contributed by atoms with Crippen LogP contribution in [0.4, 0.5) is 5.95 Å². The van der Waals surface area contributed by atoms with Crippen molar-refractivity contribution in [1.82, 2.24) is 9.97 Å². The summed E-state index contributed by atoms with van der Waals surface area (Å²) in [6, 6.07) is 6.75. The van der Waals surface area contributed by atoms with Gasteiger partial charge in [-0.25, -0.2) is 4.98 Å². The Morgan fingerprint density at radius 3 is 2.62 bits per heavy atom. The van der Waals surface area contributed by atoms with Crippen molar-refractivity contribution in [3.05, 3.63) is 40.5 Å². The van der Waals surface area contributed by atoms with Crippen molar-refractivity contribution in [2.45, 2.75) is 6.92 Å². The van der Waals surface area contributed by atoms with E-state index in [4.69, 9.17) is 21.1 Å². The molecule has 110 valence electrons. The first-order valence-corrected chi connectivity index (χ1v) is 6.46. The number of rotatable bonds is 4. The molecule has 1 aromatic heterocycles. The van der Waals surface area contributed by atoms with Gasteiger partial charge >= 0.3 is 0 Å². The molecule has 1 aromatic carbocycles. The van der Waals surface area contributed by atoms with E-state index in [1.807, 2.05) is 13.0 Å². The minimum Gasteiger partial charge on any atom is -0.496 e. The van der Waals surface area contributed by atoms with Crippen LogP contribution in [0.1, 0.15) is 15.9 Å². The Morgan fingerprint density at radius 2 is 1.95 bits per heavy atom. The van der Waals surface area contributed by atoms with Crippen LogP contribution in [0.2, 0.25) is 5.15 Å². The zero-order valence-corrected chi connectivity index (χ0v) is 12.6. The van der Waals surface area contributed by atoms with Crippen molar-refractivity contribution in [1.29, 1.82) is 0 Å². The number of methoxy groups -OCH3 is 2. The highest BCUT2D eigenvalue weighted by molar-refractivity contribution is 6.29. The Hall–Kier alpha value is -2.34. The molecule has 0 aliphatic heterocycles. The van der Waals surface area contributed by atoms with E-state index >= 15 is 0 Å². The zero-order chi connectivity index (χ0) is 15.4. The number of ether oxygens (including phenoxy) is 2. The van der Waals surface area contributed by atoms with Gasteiger partial charge in [-0.2, -0.15) is 4.98 Å². The van der Waals surface area contributed by atoms with E-state index < -0.39 is 0 Å². The summed E-state index contributed by atoms with van der Waals surface area (Å²) < 4.78 is 10.2. The highest BCUT2D eigenvalue weighted by atomic mass is 35.5. The molecule has 0 atom stereocenters. The van der Waals surface area contributed by atoms with Crippen molar-refractivity contribution >= 4 is 23.5 Å². The third-order valence-corrected chi connectivity index (χ3v) is 2.90. The van der Waals surface area contributed by atoms with Gasteiger partial charge in [0.25, 0.3) is 5.91 Å². The van der Waals surface area contributed by atoms with Crippen LogP contribution in [-0.2, 0) is 0 Å². The molecule has 7 heteroatoms. The standard InChI is InChI=1S/C14H14ClN3O3/c1-8-4-5-10(20-2)9(6-8)13(19)18-14-16-11(15)7-12(17-14)21-3/h4-7H,1-3H3,(H,16,17,18,19). The summed E-state index contributed by atoms with van der Waals surface area (Å²) in [7, 11) is 2.95. The maximum atomic E-state index is 12.3. The predicted molar refractivity (Wildman–Crippen MR) is 79.3 cm³/mol. The quantitative estimate of drug-likeness (QED) is 0.879. The van der Waals surface area contributed by atoms with Crippen LogP contribution in [0.25, 0.3) is 0 Å². The largest absolute Gasteiger partial charge is 0.496 e. The lowest BCUT2D eigenvalue weighted by atomic mass is 10.1. The van der Waals surface area contributed by atoms with Crippen LogP contribution in [0.5, 0.6) is 11.6 Å². The van der Waals surface area contributed by atoms with E-state index in [0.29, 0.717) is 11.3 Å². The minimum absolute atomic E-state index is 0.0629. The number of nitrogens with one attached hydrogen (secondary N) is 1. The van der Waals surface area contributed by atoms with E-state index in [0.717, 1.165) is 5.56 Å². The van der Waals surface area contributed by atoms with Gasteiger partial charge in [-0.15, -0.1) is 0 Å². The van der Waals surface area contributed by atoms with Gasteiger partial charge in [0, 0.05) is 6.07 Å². The second kappa shape index (κ2) is 6.41. The Bertz CT molecular complexity index is 677. The summed E-state index contributed by atoms with van der Waals surface area (Å²) in [6.07, 6.45) is 0. The van der Waals surface area contributed by atoms with Crippen LogP contribution in [0, 0.1) is 6.92 Å². The fourth-order valence-corrected chi connectivity index (χ4v) is 1.90. The SMILES string of the molecule is COc1cc(Cl)nc(NC(=O)c2cc(C)ccc2OC)n1. The Balaban J connectivity index is 2.30. The molecule has 0 saturated heterocycles. The summed E-state index contributed by atoms with van der Waals surface area (Å²) in [5.41, 5.74) is 1.32. The molecule has 2 aromatic rings. The van der Waals surface area contributed by atoms with Gasteiger partial charge in [-0.05, 0) is 19.1 Å². The molecule has 0 spiro atoms. The molecule has 0 fully saturated rings. The summed E-state index contributed by atoms with van der Waals surface area (Å²) in [6.45, 7) is 1.88. The van der Waals surface area contributed by atoms with Crippen molar-refractivity contribution < 1.29 is 14.3 Å². The molecule has 0 unspecified atom stereocenters. The van der Waals surface area contributed by atoms with Crippen LogP contribution >= 0.6 is 11.6 Å². The molecular weight excluding hydrogens is 294 g/mol. The maximum absolute atomic E-state index is 12.3. The summed E-state index contributed by atoms with van der Waals surface area (Å²) >= 11 is 5.83. The molecule has 0 radical (unpaired) electrons. The topological polar surface area (TPSA) is 73.3 Å². The number of amides is 1. The lowest BCUT2D eigenvalue weighted by Gasteiger charge is -2.10. The average Bonchev–Trinajstić information content (AvgIpc) is 2.46. The van der Waals surface area contributed by atoms with Crippen LogP contribution in [0.3, 0.4) is 0 Å². The Labute approximate surface area is 127 Å². The first-order valence-electron chi connectivity index (χ1n) is 6.08. The van der Waals surface area contributed by atoms with Gasteiger partial charge in [0.1, 0.15) is 10.9 Å². The molecule has 0 aliphatic carbocycles. The number of aryl methyl sites for hydroxylation is 1. The van der Waals surface area contributed by atoms with Gasteiger partial charge in [0.05, 0.1) is 19.8 Å². The first-order chi connectivity index (χ1) is 10.0. The fraction of sp³-hybridized carbons (Fsp3) is 0.214. The maximum Gasteiger partial charge on any atom is 0.261 e. The molecule has 6 nitrogen and oxygen atoms in total. The second-order valence-corrected chi connectivity index (χ2v) is 4.60. The number of aromatic nitrogens is 2. The van der Waals surface area contributed by atoms with Crippen molar-refractivity contribution in [3.63, 3.8) is 0 Å². The van der Waals surface area contributed by atoms with E-state index in [1.54, 1.807) is 12.1 Å². The third kappa shape index (κ3) is 3.61. The smallest absolute Gasteiger partial charge is 0.261 e. The summed E-state index contributed by atoms with van der Waals surface area (Å²) in [5.74, 6) is 0.404. The summed E-state index contributed by atoms with van der Waals surface area (Å²) in [5, 5.41) is 2.74.